The number of benzene rings is 3. The smallest absolute Gasteiger partial charge is 0.270 e. The molecule has 2 N–H and O–H groups in total. The number of rotatable bonds is 7. The number of fused-ring (bicyclic) bond motifs is 1. The van der Waals surface area contributed by atoms with E-state index in [1.165, 1.54) is 32.0 Å². The van der Waals surface area contributed by atoms with Gasteiger partial charge in [-0.3, -0.25) is 24.2 Å². The summed E-state index contributed by atoms with van der Waals surface area (Å²) in [6.07, 6.45) is 0. The molecule has 0 aliphatic carbocycles. The molecule has 0 amide bonds. The van der Waals surface area contributed by atoms with Gasteiger partial charge < -0.3 is 5.11 Å². The fraction of sp³-hybridized carbons (Fsp3) is 0.120. The normalized spacial score (nSPS) is 12.0. The van der Waals surface area contributed by atoms with Crippen LogP contribution in [0.1, 0.15) is 29.8 Å². The predicted molar refractivity (Wildman–Crippen MR) is 138 cm³/mol. The monoisotopic (exact) mass is 506 g/mol. The Morgan fingerprint density at radius 1 is 1.08 bits per heavy atom. The molecule has 0 saturated carbocycles. The number of nitro benzene ring substituents is 1. The van der Waals surface area contributed by atoms with Crippen LogP contribution in [0.4, 0.5) is 17.1 Å². The predicted octanol–water partition coefficient (Wildman–Crippen LogP) is 4.85. The van der Waals surface area contributed by atoms with Crippen LogP contribution in [0.5, 0.6) is 5.88 Å². The number of sulfonamides is 1. The van der Waals surface area contributed by atoms with Gasteiger partial charge in [0.2, 0.25) is 21.8 Å². The summed E-state index contributed by atoms with van der Waals surface area (Å²) in [5.74, 6) is -0.943. The molecule has 4 rings (SSSR count). The van der Waals surface area contributed by atoms with Gasteiger partial charge in [-0.25, -0.2) is 13.4 Å². The zero-order chi connectivity index (χ0) is 26.0. The number of nitrogens with one attached hydrogen (secondary N) is 1. The topological polar surface area (TPSA) is 144 Å². The fourth-order valence-corrected chi connectivity index (χ4v) is 4.42. The van der Waals surface area contributed by atoms with Crippen LogP contribution in [-0.4, -0.2) is 40.4 Å². The first-order valence-electron chi connectivity index (χ1n) is 10.9. The lowest BCUT2D eigenvalue weighted by Gasteiger charge is -2.09. The molecule has 0 saturated heterocycles. The van der Waals surface area contributed by atoms with Crippen molar-refractivity contribution in [3.05, 3.63) is 94.0 Å². The first kappa shape index (κ1) is 24.6. The number of non-ortho nitro benzene ring substituents is 1. The summed E-state index contributed by atoms with van der Waals surface area (Å²) in [6.45, 7) is 2.81. The highest BCUT2D eigenvalue weighted by Crippen LogP contribution is 2.36. The third-order valence-electron chi connectivity index (χ3n) is 5.50. The Hall–Kier alpha value is -4.51. The number of carbonyl (C=O) groups excluding carboxylic acids is 1. The molecule has 0 aliphatic rings. The fourth-order valence-electron chi connectivity index (χ4n) is 3.78. The van der Waals surface area contributed by atoms with Crippen molar-refractivity contribution in [2.75, 3.05) is 10.5 Å². The van der Waals surface area contributed by atoms with Crippen LogP contribution < -0.4 is 4.72 Å². The van der Waals surface area contributed by atoms with Crippen LogP contribution in [0.15, 0.2) is 77.8 Å². The van der Waals surface area contributed by atoms with Crippen LogP contribution in [0, 0.1) is 10.1 Å². The second-order valence-corrected chi connectivity index (χ2v) is 9.90. The summed E-state index contributed by atoms with van der Waals surface area (Å²) >= 11 is 0. The van der Waals surface area contributed by atoms with Gasteiger partial charge in [0.25, 0.3) is 5.69 Å². The zero-order valence-electron chi connectivity index (χ0n) is 19.4. The van der Waals surface area contributed by atoms with Crippen LogP contribution in [0.25, 0.3) is 10.9 Å². The Morgan fingerprint density at radius 3 is 2.33 bits per heavy atom. The van der Waals surface area contributed by atoms with Crippen molar-refractivity contribution in [1.82, 2.24) is 4.57 Å². The molecule has 10 nitrogen and oxygen atoms in total. The first-order chi connectivity index (χ1) is 17.1. The van der Waals surface area contributed by atoms with E-state index < -0.39 is 26.7 Å². The van der Waals surface area contributed by atoms with E-state index in [-0.39, 0.29) is 28.1 Å². The summed E-state index contributed by atoms with van der Waals surface area (Å²) in [5.41, 5.74) is 1.92. The molecule has 0 unspecified atom stereocenters. The van der Waals surface area contributed by atoms with E-state index in [0.29, 0.717) is 22.5 Å². The minimum atomic E-state index is -3.45. The van der Waals surface area contributed by atoms with Gasteiger partial charge in [-0.05, 0) is 37.3 Å². The molecule has 1 aromatic heterocycles. The number of aliphatic imine (C=N–C) groups is 1. The van der Waals surface area contributed by atoms with Crippen LogP contribution in [0.3, 0.4) is 0 Å². The largest absolute Gasteiger partial charge is 0.494 e. The van der Waals surface area contributed by atoms with Crippen molar-refractivity contribution in [3.8, 4) is 5.88 Å². The maximum atomic E-state index is 12.4. The van der Waals surface area contributed by atoms with Gasteiger partial charge in [0.05, 0.1) is 33.2 Å². The summed E-state index contributed by atoms with van der Waals surface area (Å²) in [7, 11) is -3.45. The van der Waals surface area contributed by atoms with E-state index in [2.05, 4.69) is 4.72 Å². The van der Waals surface area contributed by atoms with E-state index in [0.717, 1.165) is 4.57 Å². The van der Waals surface area contributed by atoms with Crippen molar-refractivity contribution < 1.29 is 23.2 Å². The number of aromatic nitrogens is 1. The minimum absolute atomic E-state index is 0.0727. The van der Waals surface area contributed by atoms with Crippen LogP contribution in [0.2, 0.25) is 0 Å². The maximum Gasteiger partial charge on any atom is 0.270 e. The lowest BCUT2D eigenvalue weighted by molar-refractivity contribution is -0.384. The highest BCUT2D eigenvalue weighted by atomic mass is 32.2. The van der Waals surface area contributed by atoms with E-state index in [4.69, 9.17) is 4.99 Å². The van der Waals surface area contributed by atoms with Gasteiger partial charge in [0, 0.05) is 35.7 Å². The summed E-state index contributed by atoms with van der Waals surface area (Å²) < 4.78 is 27.2. The Morgan fingerprint density at radius 2 is 1.75 bits per heavy atom. The van der Waals surface area contributed by atoms with E-state index in [1.807, 2.05) is 0 Å². The molecule has 1 heterocycles. The van der Waals surface area contributed by atoms with Gasteiger partial charge in [0.15, 0.2) is 0 Å². The molecular weight excluding hydrogens is 484 g/mol. The van der Waals surface area contributed by atoms with E-state index >= 15 is 0 Å². The minimum Gasteiger partial charge on any atom is -0.494 e. The van der Waals surface area contributed by atoms with Gasteiger partial charge >= 0.3 is 0 Å². The quantitative estimate of drug-likeness (QED) is 0.208. The molecule has 11 heteroatoms. The Balaban J connectivity index is 1.96. The van der Waals surface area contributed by atoms with Gasteiger partial charge in [0.1, 0.15) is 0 Å². The van der Waals surface area contributed by atoms with Gasteiger partial charge in [-0.1, -0.05) is 30.3 Å². The number of hydrogen-bond donors (Lipinski definition) is 2. The summed E-state index contributed by atoms with van der Waals surface area (Å²) in [4.78, 5) is 28.0. The summed E-state index contributed by atoms with van der Waals surface area (Å²) in [6, 6.07) is 19.2. The molecule has 184 valence electrons. The second kappa shape index (κ2) is 9.62. The summed E-state index contributed by atoms with van der Waals surface area (Å²) in [5, 5.41) is 22.9. The van der Waals surface area contributed by atoms with Gasteiger partial charge in [-0.2, -0.15) is 0 Å². The third-order valence-corrected chi connectivity index (χ3v) is 6.80. The molecule has 0 radical (unpaired) electrons. The lowest BCUT2D eigenvalue weighted by atomic mass is 10.0. The van der Waals surface area contributed by atoms with Crippen molar-refractivity contribution in [2.24, 2.45) is 4.99 Å². The molecular formula is C25H22N4O6S. The number of carbonyl (C=O) groups is 1. The number of hydrogen-bond acceptors (Lipinski definition) is 7. The number of nitro groups is 1. The Kier molecular flexibility index (Phi) is 6.58. The van der Waals surface area contributed by atoms with Crippen molar-refractivity contribution in [2.45, 2.75) is 13.8 Å². The third kappa shape index (κ3) is 4.82. The van der Waals surface area contributed by atoms with E-state index in [9.17, 15) is 28.4 Å². The molecule has 0 atom stereocenters. The molecule has 4 aromatic rings. The standard InChI is InChI=1S/C25H22N4O6S/c1-3-36(34,35)27-19-11-9-18(10-12-19)26-24(17-7-5-4-6-8-17)23-21-15-20(29(32)33)13-14-22(21)28(16(2)30)25(23)31/h4-15,27,31H,3H2,1-2H3. The molecule has 36 heavy (non-hydrogen) atoms. The number of aromatic hydroxyl groups is 1. The van der Waals surface area contributed by atoms with Crippen molar-refractivity contribution in [3.63, 3.8) is 0 Å². The molecule has 0 fully saturated rings. The van der Waals surface area contributed by atoms with Crippen molar-refractivity contribution >= 4 is 49.6 Å². The average Bonchev–Trinajstić information content (AvgIpc) is 3.15. The number of nitrogens with zero attached hydrogens (tertiary/aromatic N) is 3. The van der Waals surface area contributed by atoms with E-state index in [1.54, 1.807) is 54.6 Å². The lowest BCUT2D eigenvalue weighted by Crippen LogP contribution is -2.14. The SMILES string of the molecule is CCS(=O)(=O)Nc1ccc(N=C(c2ccccc2)c2c(O)n(C(C)=O)c3ccc([N+](=O)[O-])cc23)cc1. The van der Waals surface area contributed by atoms with Gasteiger partial charge in [-0.15, -0.1) is 0 Å². The average molecular weight is 507 g/mol. The maximum absolute atomic E-state index is 12.4. The molecule has 3 aromatic carbocycles. The highest BCUT2D eigenvalue weighted by molar-refractivity contribution is 7.92. The zero-order valence-corrected chi connectivity index (χ0v) is 20.2. The van der Waals surface area contributed by atoms with Crippen LogP contribution in [-0.2, 0) is 10.0 Å². The number of anilines is 1. The molecule has 0 spiro atoms. The van der Waals surface area contributed by atoms with Crippen LogP contribution >= 0.6 is 0 Å². The second-order valence-electron chi connectivity index (χ2n) is 7.89. The molecule has 0 aliphatic heterocycles. The first-order valence-corrected chi connectivity index (χ1v) is 12.5. The Labute approximate surface area is 206 Å². The Bertz CT molecular complexity index is 1610. The van der Waals surface area contributed by atoms with Crippen molar-refractivity contribution in [1.29, 1.82) is 0 Å². The highest BCUT2D eigenvalue weighted by Gasteiger charge is 2.25. The molecule has 0 bridgehead atoms.